The second-order valence-corrected chi connectivity index (χ2v) is 8.40. The van der Waals surface area contributed by atoms with E-state index in [1.165, 1.54) is 19.3 Å². The van der Waals surface area contributed by atoms with Crippen molar-refractivity contribution in [1.82, 2.24) is 9.97 Å². The number of rotatable bonds is 11. The van der Waals surface area contributed by atoms with Gasteiger partial charge in [0.05, 0.1) is 6.10 Å². The maximum atomic E-state index is 13.6. The molecule has 0 bridgehead atoms. The Balaban J connectivity index is 1.74. The number of hydrogen-bond acceptors (Lipinski definition) is 5. The van der Waals surface area contributed by atoms with Crippen molar-refractivity contribution in [2.45, 2.75) is 65.2 Å². The van der Waals surface area contributed by atoms with E-state index in [2.05, 4.69) is 27.5 Å². The minimum Gasteiger partial charge on any atom is -0.491 e. The molecule has 182 valence electrons. The second-order valence-electron chi connectivity index (χ2n) is 8.40. The first-order valence-electron chi connectivity index (χ1n) is 11.6. The summed E-state index contributed by atoms with van der Waals surface area (Å²) in [5.74, 6) is 0.450. The number of unbranched alkanes of at least 4 members (excludes halogenated alkanes) is 3. The van der Waals surface area contributed by atoms with E-state index >= 15 is 0 Å². The molecule has 0 aliphatic heterocycles. The molecule has 1 heterocycles. The van der Waals surface area contributed by atoms with E-state index in [4.69, 9.17) is 4.74 Å². The zero-order valence-corrected chi connectivity index (χ0v) is 19.7. The summed E-state index contributed by atoms with van der Waals surface area (Å²) in [6, 6.07) is 14.5. The monoisotopic (exact) mass is 472 g/mol. The predicted molar refractivity (Wildman–Crippen MR) is 130 cm³/mol. The Morgan fingerprint density at radius 3 is 2.15 bits per heavy atom. The topological polar surface area (TPSA) is 59.1 Å². The van der Waals surface area contributed by atoms with E-state index in [0.29, 0.717) is 17.1 Å². The van der Waals surface area contributed by atoms with Crippen molar-refractivity contribution in [2.24, 2.45) is 0 Å². The summed E-state index contributed by atoms with van der Waals surface area (Å²) < 4.78 is 46.3. The van der Waals surface area contributed by atoms with Gasteiger partial charge in [-0.3, -0.25) is 0 Å². The number of aromatic nitrogens is 2. The van der Waals surface area contributed by atoms with Crippen LogP contribution in [0.15, 0.2) is 54.7 Å². The fourth-order valence-corrected chi connectivity index (χ4v) is 3.41. The van der Waals surface area contributed by atoms with Crippen LogP contribution in [0.5, 0.6) is 5.75 Å². The van der Waals surface area contributed by atoms with Crippen LogP contribution < -0.4 is 15.4 Å². The molecule has 8 heteroatoms. The molecule has 3 aromatic rings. The molecule has 0 amide bonds. The summed E-state index contributed by atoms with van der Waals surface area (Å²) in [7, 11) is 0. The molecule has 2 aromatic carbocycles. The highest BCUT2D eigenvalue weighted by atomic mass is 19.4. The van der Waals surface area contributed by atoms with Gasteiger partial charge in [0, 0.05) is 17.6 Å². The Morgan fingerprint density at radius 2 is 1.53 bits per heavy atom. The zero-order chi connectivity index (χ0) is 24.6. The molecule has 1 aromatic heterocycles. The first-order chi connectivity index (χ1) is 16.2. The summed E-state index contributed by atoms with van der Waals surface area (Å²) in [6.45, 7) is 6.03. The largest absolute Gasteiger partial charge is 0.491 e. The van der Waals surface area contributed by atoms with Gasteiger partial charge in [-0.2, -0.15) is 18.2 Å². The number of aryl methyl sites for hydroxylation is 1. The van der Waals surface area contributed by atoms with Gasteiger partial charge in [-0.05, 0) is 68.7 Å². The molecule has 0 aliphatic carbocycles. The lowest BCUT2D eigenvalue weighted by Crippen LogP contribution is -2.12. The highest BCUT2D eigenvalue weighted by Gasteiger charge is 2.35. The lowest BCUT2D eigenvalue weighted by Gasteiger charge is -2.15. The molecule has 0 saturated heterocycles. The average Bonchev–Trinajstić information content (AvgIpc) is 2.78. The van der Waals surface area contributed by atoms with Crippen molar-refractivity contribution in [2.75, 3.05) is 10.6 Å². The van der Waals surface area contributed by atoms with Crippen molar-refractivity contribution >= 4 is 23.1 Å². The van der Waals surface area contributed by atoms with Gasteiger partial charge in [0.15, 0.2) is 0 Å². The normalized spacial score (nSPS) is 11.5. The molecule has 0 unspecified atom stereocenters. The van der Waals surface area contributed by atoms with Gasteiger partial charge in [-0.1, -0.05) is 38.3 Å². The van der Waals surface area contributed by atoms with Gasteiger partial charge in [0.25, 0.3) is 0 Å². The minimum absolute atomic E-state index is 0.0424. The first-order valence-corrected chi connectivity index (χ1v) is 11.6. The summed E-state index contributed by atoms with van der Waals surface area (Å²) in [6.07, 6.45) is 1.86. The van der Waals surface area contributed by atoms with Crippen LogP contribution in [-0.4, -0.2) is 16.1 Å². The molecule has 0 saturated carbocycles. The van der Waals surface area contributed by atoms with E-state index in [9.17, 15) is 13.2 Å². The van der Waals surface area contributed by atoms with E-state index in [1.54, 1.807) is 36.4 Å². The van der Waals surface area contributed by atoms with Crippen molar-refractivity contribution in [3.63, 3.8) is 0 Å². The van der Waals surface area contributed by atoms with E-state index < -0.39 is 11.7 Å². The molecule has 0 aliphatic rings. The van der Waals surface area contributed by atoms with Crippen molar-refractivity contribution < 1.29 is 17.9 Å². The Hall–Kier alpha value is -3.29. The van der Waals surface area contributed by atoms with Crippen molar-refractivity contribution in [3.8, 4) is 5.75 Å². The summed E-state index contributed by atoms with van der Waals surface area (Å²) >= 11 is 0. The highest BCUT2D eigenvalue weighted by molar-refractivity contribution is 5.63. The molecule has 5 nitrogen and oxygen atoms in total. The molecular formula is C26H31F3N4O. The molecule has 34 heavy (non-hydrogen) atoms. The summed E-state index contributed by atoms with van der Waals surface area (Å²) in [5.41, 5.74) is 1.40. The van der Waals surface area contributed by atoms with Crippen LogP contribution in [0.1, 0.15) is 57.6 Å². The van der Waals surface area contributed by atoms with Crippen LogP contribution >= 0.6 is 0 Å². The van der Waals surface area contributed by atoms with E-state index in [1.807, 2.05) is 26.0 Å². The third kappa shape index (κ3) is 7.64. The molecule has 2 N–H and O–H groups in total. The van der Waals surface area contributed by atoms with Crippen LogP contribution in [0.4, 0.5) is 36.3 Å². The van der Waals surface area contributed by atoms with Crippen LogP contribution in [0.2, 0.25) is 0 Å². The fourth-order valence-electron chi connectivity index (χ4n) is 3.41. The van der Waals surface area contributed by atoms with Gasteiger partial charge >= 0.3 is 6.18 Å². The third-order valence-corrected chi connectivity index (χ3v) is 5.11. The molecule has 0 atom stereocenters. The third-order valence-electron chi connectivity index (χ3n) is 5.11. The number of anilines is 4. The zero-order valence-electron chi connectivity index (χ0n) is 19.7. The lowest BCUT2D eigenvalue weighted by molar-refractivity contribution is -0.137. The molecule has 0 radical (unpaired) electrons. The lowest BCUT2D eigenvalue weighted by atomic mass is 10.1. The number of hydrogen-bond donors (Lipinski definition) is 2. The predicted octanol–water partition coefficient (Wildman–Crippen LogP) is 7.89. The number of benzene rings is 2. The van der Waals surface area contributed by atoms with Crippen LogP contribution in [0.25, 0.3) is 0 Å². The number of nitrogens with zero attached hydrogens (tertiary/aromatic N) is 2. The maximum absolute atomic E-state index is 13.6. The number of ether oxygens (including phenoxy) is 1. The molecule has 0 fully saturated rings. The SMILES string of the molecule is CCCCCCc1ccc(Nc2nc(Nc3ccc(OC(C)C)cc3)ncc2C(F)(F)F)cc1. The summed E-state index contributed by atoms with van der Waals surface area (Å²) in [5, 5.41) is 5.76. The van der Waals surface area contributed by atoms with Gasteiger partial charge in [0.2, 0.25) is 5.95 Å². The number of alkyl halides is 3. The van der Waals surface area contributed by atoms with E-state index in [-0.39, 0.29) is 17.9 Å². The van der Waals surface area contributed by atoms with Crippen molar-refractivity contribution in [1.29, 1.82) is 0 Å². The molecule has 0 spiro atoms. The Labute approximate surface area is 198 Å². The Kier molecular flexibility index (Phi) is 8.73. The molecular weight excluding hydrogens is 441 g/mol. The average molecular weight is 473 g/mol. The van der Waals surface area contributed by atoms with Gasteiger partial charge in [-0.15, -0.1) is 0 Å². The Bertz CT molecular complexity index is 1040. The number of halogens is 3. The minimum atomic E-state index is -4.59. The van der Waals surface area contributed by atoms with Crippen LogP contribution in [-0.2, 0) is 12.6 Å². The highest BCUT2D eigenvalue weighted by Crippen LogP contribution is 2.35. The quantitative estimate of drug-likeness (QED) is 0.278. The first kappa shape index (κ1) is 25.3. The van der Waals surface area contributed by atoms with E-state index in [0.717, 1.165) is 24.6 Å². The van der Waals surface area contributed by atoms with Gasteiger partial charge in [-0.25, -0.2) is 4.98 Å². The standard InChI is InChI=1S/C26H31F3N4O/c1-4-5-6-7-8-19-9-11-20(12-10-19)31-24-23(26(27,28)29)17-30-25(33-24)32-21-13-15-22(16-14-21)34-18(2)3/h9-18H,4-8H2,1-3H3,(H2,30,31,32,33). The van der Waals surface area contributed by atoms with Crippen molar-refractivity contribution in [3.05, 3.63) is 65.9 Å². The smallest absolute Gasteiger partial charge is 0.421 e. The molecule has 3 rings (SSSR count). The van der Waals surface area contributed by atoms with Gasteiger partial charge in [0.1, 0.15) is 17.1 Å². The maximum Gasteiger partial charge on any atom is 0.421 e. The fraction of sp³-hybridized carbons (Fsp3) is 0.385. The Morgan fingerprint density at radius 1 is 0.882 bits per heavy atom. The summed E-state index contributed by atoms with van der Waals surface area (Å²) in [4.78, 5) is 7.97. The number of nitrogens with one attached hydrogen (secondary N) is 2. The van der Waals surface area contributed by atoms with Crippen LogP contribution in [0, 0.1) is 0 Å². The second kappa shape index (κ2) is 11.7. The van der Waals surface area contributed by atoms with Crippen LogP contribution in [0.3, 0.4) is 0 Å². The van der Waals surface area contributed by atoms with Gasteiger partial charge < -0.3 is 15.4 Å².